The van der Waals surface area contributed by atoms with E-state index in [0.29, 0.717) is 13.0 Å². The summed E-state index contributed by atoms with van der Waals surface area (Å²) >= 11 is 1.60. The molecule has 86 valence electrons. The van der Waals surface area contributed by atoms with Crippen molar-refractivity contribution in [3.05, 3.63) is 17.8 Å². The molecule has 0 fully saturated rings. The molecule has 4 nitrogen and oxygen atoms in total. The Hall–Kier alpha value is -1.20. The smallest absolute Gasteiger partial charge is 0.147 e. The number of anilines is 1. The van der Waals surface area contributed by atoms with Gasteiger partial charge in [0.2, 0.25) is 0 Å². The minimum Gasteiger partial charge on any atom is -0.388 e. The van der Waals surface area contributed by atoms with Crippen LogP contribution in [-0.4, -0.2) is 27.2 Å². The molecule has 0 bridgehead atoms. The Morgan fingerprint density at radius 3 is 3.06 bits per heavy atom. The van der Waals surface area contributed by atoms with E-state index < -0.39 is 5.60 Å². The van der Waals surface area contributed by atoms with E-state index in [9.17, 15) is 5.11 Å². The molecule has 5 heteroatoms. The van der Waals surface area contributed by atoms with Crippen molar-refractivity contribution in [3.8, 4) is 0 Å². The van der Waals surface area contributed by atoms with E-state index in [0.717, 1.165) is 16.0 Å². The van der Waals surface area contributed by atoms with Crippen LogP contribution in [0.4, 0.5) is 5.82 Å². The highest BCUT2D eigenvalue weighted by Crippen LogP contribution is 2.25. The fraction of sp³-hybridized carbons (Fsp3) is 0.455. The lowest BCUT2D eigenvalue weighted by Crippen LogP contribution is -2.32. The Morgan fingerprint density at radius 1 is 1.50 bits per heavy atom. The predicted molar refractivity (Wildman–Crippen MR) is 66.8 cm³/mol. The van der Waals surface area contributed by atoms with Crippen LogP contribution in [0, 0.1) is 0 Å². The van der Waals surface area contributed by atoms with Gasteiger partial charge in [-0.2, -0.15) is 0 Å². The van der Waals surface area contributed by atoms with E-state index in [4.69, 9.17) is 0 Å². The molecular formula is C11H15N3OS. The van der Waals surface area contributed by atoms with Gasteiger partial charge in [0.15, 0.2) is 0 Å². The molecule has 0 aliphatic rings. The summed E-state index contributed by atoms with van der Waals surface area (Å²) in [4.78, 5) is 8.36. The molecule has 0 saturated carbocycles. The highest BCUT2D eigenvalue weighted by Gasteiger charge is 2.17. The fourth-order valence-electron chi connectivity index (χ4n) is 1.31. The summed E-state index contributed by atoms with van der Waals surface area (Å²) < 4.78 is 1.04. The number of fused-ring (bicyclic) bond motifs is 1. The molecule has 0 aliphatic carbocycles. The molecule has 1 atom stereocenters. The first kappa shape index (κ1) is 11.3. The van der Waals surface area contributed by atoms with E-state index in [1.54, 1.807) is 11.3 Å². The maximum atomic E-state index is 9.90. The number of rotatable bonds is 4. The first-order valence-corrected chi connectivity index (χ1v) is 6.15. The summed E-state index contributed by atoms with van der Waals surface area (Å²) in [5, 5.41) is 15.1. The van der Waals surface area contributed by atoms with Gasteiger partial charge in [0, 0.05) is 6.54 Å². The lowest BCUT2D eigenvalue weighted by Gasteiger charge is -2.21. The van der Waals surface area contributed by atoms with Gasteiger partial charge < -0.3 is 10.4 Å². The summed E-state index contributed by atoms with van der Waals surface area (Å²) in [6.45, 7) is 4.27. The first-order chi connectivity index (χ1) is 7.62. The minimum atomic E-state index is -0.700. The van der Waals surface area contributed by atoms with Gasteiger partial charge in [0.25, 0.3) is 0 Å². The number of nitrogens with zero attached hydrogens (tertiary/aromatic N) is 2. The number of thiophene rings is 1. The Morgan fingerprint density at radius 2 is 2.31 bits per heavy atom. The number of nitrogens with one attached hydrogen (secondary N) is 1. The molecular weight excluding hydrogens is 222 g/mol. The summed E-state index contributed by atoms with van der Waals surface area (Å²) in [6, 6.07) is 1.96. The summed E-state index contributed by atoms with van der Waals surface area (Å²) in [7, 11) is 0. The molecule has 2 rings (SSSR count). The van der Waals surface area contributed by atoms with Gasteiger partial charge in [-0.3, -0.25) is 0 Å². The molecule has 0 amide bonds. The van der Waals surface area contributed by atoms with Crippen molar-refractivity contribution in [2.75, 3.05) is 11.9 Å². The molecule has 0 aromatic carbocycles. The van der Waals surface area contributed by atoms with Gasteiger partial charge in [-0.15, -0.1) is 11.3 Å². The number of hydrogen-bond donors (Lipinski definition) is 2. The van der Waals surface area contributed by atoms with Crippen molar-refractivity contribution < 1.29 is 5.11 Å². The van der Waals surface area contributed by atoms with Crippen molar-refractivity contribution in [2.45, 2.75) is 25.9 Å². The lowest BCUT2D eigenvalue weighted by molar-refractivity contribution is 0.0697. The van der Waals surface area contributed by atoms with Crippen molar-refractivity contribution in [1.82, 2.24) is 9.97 Å². The van der Waals surface area contributed by atoms with Gasteiger partial charge >= 0.3 is 0 Å². The second-order valence-electron chi connectivity index (χ2n) is 4.06. The van der Waals surface area contributed by atoms with E-state index in [-0.39, 0.29) is 0 Å². The van der Waals surface area contributed by atoms with Gasteiger partial charge in [0.05, 0.1) is 15.8 Å². The molecule has 1 unspecified atom stereocenters. The minimum absolute atomic E-state index is 0.494. The maximum absolute atomic E-state index is 9.90. The molecule has 2 N–H and O–H groups in total. The highest BCUT2D eigenvalue weighted by atomic mass is 32.1. The van der Waals surface area contributed by atoms with Gasteiger partial charge in [-0.25, -0.2) is 9.97 Å². The Bertz CT molecular complexity index is 481. The topological polar surface area (TPSA) is 58.0 Å². The predicted octanol–water partition coefficient (Wildman–Crippen LogP) is 2.26. The summed E-state index contributed by atoms with van der Waals surface area (Å²) in [5.74, 6) is 0.800. The zero-order valence-electron chi connectivity index (χ0n) is 9.40. The van der Waals surface area contributed by atoms with Crippen LogP contribution < -0.4 is 5.32 Å². The van der Waals surface area contributed by atoms with Crippen LogP contribution in [0.1, 0.15) is 20.3 Å². The highest BCUT2D eigenvalue weighted by molar-refractivity contribution is 7.17. The normalized spacial score (nSPS) is 14.9. The van der Waals surface area contributed by atoms with Crippen molar-refractivity contribution in [1.29, 1.82) is 0 Å². The largest absolute Gasteiger partial charge is 0.388 e. The van der Waals surface area contributed by atoms with Crippen LogP contribution in [-0.2, 0) is 0 Å². The van der Waals surface area contributed by atoms with E-state index in [1.165, 1.54) is 6.33 Å². The SMILES string of the molecule is CCC(C)(O)CNc1ncnc2ccsc12. The number of hydrogen-bond acceptors (Lipinski definition) is 5. The Balaban J connectivity index is 2.18. The fourth-order valence-corrected chi connectivity index (χ4v) is 2.12. The van der Waals surface area contributed by atoms with Crippen LogP contribution in [0.5, 0.6) is 0 Å². The van der Waals surface area contributed by atoms with Crippen LogP contribution in [0.2, 0.25) is 0 Å². The van der Waals surface area contributed by atoms with Gasteiger partial charge in [-0.1, -0.05) is 6.92 Å². The van der Waals surface area contributed by atoms with Crippen LogP contribution >= 0.6 is 11.3 Å². The summed E-state index contributed by atoms with van der Waals surface area (Å²) in [6.07, 6.45) is 2.25. The van der Waals surface area contributed by atoms with E-state index in [1.807, 2.05) is 25.3 Å². The maximum Gasteiger partial charge on any atom is 0.147 e. The number of aromatic nitrogens is 2. The lowest BCUT2D eigenvalue weighted by atomic mass is 10.0. The van der Waals surface area contributed by atoms with E-state index in [2.05, 4.69) is 15.3 Å². The zero-order chi connectivity index (χ0) is 11.6. The third-order valence-corrected chi connectivity index (χ3v) is 3.55. The molecule has 0 spiro atoms. The molecule has 16 heavy (non-hydrogen) atoms. The van der Waals surface area contributed by atoms with Crippen LogP contribution in [0.15, 0.2) is 17.8 Å². The molecule has 2 heterocycles. The third kappa shape index (κ3) is 2.31. The molecule has 0 saturated heterocycles. The molecule has 2 aromatic heterocycles. The summed E-state index contributed by atoms with van der Waals surface area (Å²) in [5.41, 5.74) is 0.243. The second-order valence-corrected chi connectivity index (χ2v) is 4.98. The third-order valence-electron chi connectivity index (χ3n) is 2.64. The molecule has 0 radical (unpaired) electrons. The zero-order valence-corrected chi connectivity index (χ0v) is 10.2. The molecule has 0 aliphatic heterocycles. The van der Waals surface area contributed by atoms with Gasteiger partial charge in [0.1, 0.15) is 12.1 Å². The Kier molecular flexibility index (Phi) is 3.07. The Labute approximate surface area is 98.4 Å². The van der Waals surface area contributed by atoms with Crippen LogP contribution in [0.25, 0.3) is 10.2 Å². The van der Waals surface area contributed by atoms with Crippen molar-refractivity contribution in [3.63, 3.8) is 0 Å². The van der Waals surface area contributed by atoms with Crippen LogP contribution in [0.3, 0.4) is 0 Å². The quantitative estimate of drug-likeness (QED) is 0.856. The average molecular weight is 237 g/mol. The monoisotopic (exact) mass is 237 g/mol. The van der Waals surface area contributed by atoms with Crippen molar-refractivity contribution >= 4 is 27.4 Å². The molecule has 2 aromatic rings. The van der Waals surface area contributed by atoms with Crippen molar-refractivity contribution in [2.24, 2.45) is 0 Å². The second kappa shape index (κ2) is 4.35. The first-order valence-electron chi connectivity index (χ1n) is 5.27. The van der Waals surface area contributed by atoms with Gasteiger partial charge in [-0.05, 0) is 24.8 Å². The average Bonchev–Trinajstić information content (AvgIpc) is 2.75. The standard InChI is InChI=1S/C11H15N3OS/c1-3-11(2,15)6-12-10-9-8(4-5-16-9)13-7-14-10/h4-5,7,15H,3,6H2,1-2H3,(H,12,13,14). The van der Waals surface area contributed by atoms with E-state index >= 15 is 0 Å². The number of aliphatic hydroxyl groups is 1.